The second-order valence-corrected chi connectivity index (χ2v) is 4.50. The zero-order chi connectivity index (χ0) is 13.1. The van der Waals surface area contributed by atoms with Crippen molar-refractivity contribution in [2.75, 3.05) is 0 Å². The van der Waals surface area contributed by atoms with E-state index in [0.717, 1.165) is 22.0 Å². The Morgan fingerprint density at radius 1 is 0.842 bits per heavy atom. The van der Waals surface area contributed by atoms with Crippen LogP contribution in [-0.2, 0) is 0 Å². The summed E-state index contributed by atoms with van der Waals surface area (Å²) in [5.74, 6) is 6.40. The lowest BCUT2D eigenvalue weighted by Crippen LogP contribution is -1.83. The third-order valence-corrected chi connectivity index (χ3v) is 3.03. The number of aromatic nitrogens is 1. The monoisotopic (exact) mass is 243 g/mol. The van der Waals surface area contributed by atoms with Crippen LogP contribution in [0.15, 0.2) is 60.8 Å². The van der Waals surface area contributed by atoms with Crippen LogP contribution in [0.1, 0.15) is 16.7 Å². The molecule has 0 atom stereocenters. The highest BCUT2D eigenvalue weighted by Crippen LogP contribution is 2.14. The van der Waals surface area contributed by atoms with Crippen LogP contribution in [0.3, 0.4) is 0 Å². The number of fused-ring (bicyclic) bond motifs is 1. The summed E-state index contributed by atoms with van der Waals surface area (Å²) < 4.78 is 0. The second-order valence-electron chi connectivity index (χ2n) is 4.50. The average Bonchev–Trinajstić information content (AvgIpc) is 2.47. The van der Waals surface area contributed by atoms with E-state index in [1.165, 1.54) is 5.56 Å². The summed E-state index contributed by atoms with van der Waals surface area (Å²) in [7, 11) is 0. The van der Waals surface area contributed by atoms with Gasteiger partial charge >= 0.3 is 0 Å². The maximum atomic E-state index is 4.41. The van der Waals surface area contributed by atoms with Gasteiger partial charge in [0.05, 0.1) is 11.1 Å². The van der Waals surface area contributed by atoms with Gasteiger partial charge in [-0.2, -0.15) is 0 Å². The zero-order valence-electron chi connectivity index (χ0n) is 10.7. The summed E-state index contributed by atoms with van der Waals surface area (Å²) >= 11 is 0. The molecule has 3 aromatic rings. The van der Waals surface area contributed by atoms with Gasteiger partial charge in [-0.15, -0.1) is 0 Å². The molecule has 0 fully saturated rings. The van der Waals surface area contributed by atoms with Gasteiger partial charge in [-0.3, -0.25) is 4.98 Å². The van der Waals surface area contributed by atoms with Crippen LogP contribution in [0.25, 0.3) is 10.9 Å². The summed E-state index contributed by atoms with van der Waals surface area (Å²) in [6, 6.07) is 18.3. The van der Waals surface area contributed by atoms with E-state index in [0.29, 0.717) is 0 Å². The molecule has 0 spiro atoms. The fourth-order valence-electron chi connectivity index (χ4n) is 1.98. The Hall–Kier alpha value is -2.59. The molecule has 1 nitrogen and oxygen atoms in total. The van der Waals surface area contributed by atoms with E-state index in [2.05, 4.69) is 48.0 Å². The molecule has 1 heteroatoms. The number of nitrogens with zero attached hydrogens (tertiary/aromatic N) is 1. The van der Waals surface area contributed by atoms with E-state index in [1.807, 2.05) is 30.3 Å². The smallest absolute Gasteiger partial charge is 0.0858 e. The third-order valence-electron chi connectivity index (χ3n) is 3.03. The van der Waals surface area contributed by atoms with Crippen molar-refractivity contribution in [2.45, 2.75) is 6.92 Å². The predicted molar refractivity (Wildman–Crippen MR) is 78.9 cm³/mol. The molecule has 19 heavy (non-hydrogen) atoms. The molecule has 0 aliphatic heterocycles. The highest BCUT2D eigenvalue weighted by atomic mass is 14.6. The van der Waals surface area contributed by atoms with Gasteiger partial charge in [0.15, 0.2) is 0 Å². The molecule has 1 aromatic heterocycles. The fraction of sp³-hybridized carbons (Fsp3) is 0.0556. The molecular formula is C18H13N. The van der Waals surface area contributed by atoms with E-state index in [4.69, 9.17) is 0 Å². The average molecular weight is 243 g/mol. The molecule has 0 bridgehead atoms. The molecule has 1 heterocycles. The molecule has 0 aliphatic rings. The first-order chi connectivity index (χ1) is 9.33. The first kappa shape index (κ1) is 11.5. The van der Waals surface area contributed by atoms with Gasteiger partial charge in [-0.1, -0.05) is 47.7 Å². The van der Waals surface area contributed by atoms with Crippen molar-refractivity contribution in [3.63, 3.8) is 0 Å². The van der Waals surface area contributed by atoms with Crippen molar-refractivity contribution >= 4 is 10.9 Å². The molecule has 0 N–H and O–H groups in total. The number of benzene rings is 2. The quantitative estimate of drug-likeness (QED) is 0.545. The highest BCUT2D eigenvalue weighted by molar-refractivity contribution is 5.84. The van der Waals surface area contributed by atoms with Crippen molar-refractivity contribution in [1.82, 2.24) is 4.98 Å². The highest BCUT2D eigenvalue weighted by Gasteiger charge is 1.97. The van der Waals surface area contributed by atoms with Crippen molar-refractivity contribution in [1.29, 1.82) is 0 Å². The molecule has 0 saturated heterocycles. The molecule has 0 unspecified atom stereocenters. The molecular weight excluding hydrogens is 230 g/mol. The summed E-state index contributed by atoms with van der Waals surface area (Å²) in [6.07, 6.45) is 1.80. The minimum atomic E-state index is 0.963. The van der Waals surface area contributed by atoms with Crippen LogP contribution in [0.5, 0.6) is 0 Å². The lowest BCUT2D eigenvalue weighted by atomic mass is 10.1. The zero-order valence-corrected chi connectivity index (χ0v) is 10.7. The van der Waals surface area contributed by atoms with Gasteiger partial charge in [-0.25, -0.2) is 0 Å². The molecule has 90 valence electrons. The van der Waals surface area contributed by atoms with Crippen molar-refractivity contribution in [2.24, 2.45) is 0 Å². The van der Waals surface area contributed by atoms with Gasteiger partial charge in [0.2, 0.25) is 0 Å². The Morgan fingerprint density at radius 2 is 1.63 bits per heavy atom. The first-order valence-electron chi connectivity index (χ1n) is 6.25. The van der Waals surface area contributed by atoms with Crippen LogP contribution in [0.4, 0.5) is 0 Å². The molecule has 3 rings (SSSR count). The van der Waals surface area contributed by atoms with Gasteiger partial charge in [-0.05, 0) is 31.2 Å². The van der Waals surface area contributed by atoms with Crippen molar-refractivity contribution in [3.8, 4) is 11.8 Å². The number of rotatable bonds is 0. The van der Waals surface area contributed by atoms with Crippen LogP contribution in [0.2, 0.25) is 0 Å². The minimum absolute atomic E-state index is 0.963. The first-order valence-corrected chi connectivity index (χ1v) is 6.25. The normalized spacial score (nSPS) is 9.95. The summed E-state index contributed by atoms with van der Waals surface area (Å²) in [4.78, 5) is 4.41. The summed E-state index contributed by atoms with van der Waals surface area (Å²) in [6.45, 7) is 2.08. The fourth-order valence-corrected chi connectivity index (χ4v) is 1.98. The van der Waals surface area contributed by atoms with Gasteiger partial charge < -0.3 is 0 Å². The van der Waals surface area contributed by atoms with Crippen LogP contribution < -0.4 is 0 Å². The number of hydrogen-bond donors (Lipinski definition) is 0. The standard InChI is InChI=1S/C18H13N/c1-14-7-9-15(10-8-14)11-12-17-5-2-4-16-6-3-13-19-18(16)17/h2-10,13H,1H3. The third kappa shape index (κ3) is 2.48. The second kappa shape index (κ2) is 4.96. The summed E-state index contributed by atoms with van der Waals surface area (Å²) in [5, 5.41) is 1.12. The van der Waals surface area contributed by atoms with Crippen molar-refractivity contribution < 1.29 is 0 Å². The van der Waals surface area contributed by atoms with E-state index in [-0.39, 0.29) is 0 Å². The SMILES string of the molecule is Cc1ccc(C#Cc2cccc3cccnc23)cc1. The minimum Gasteiger partial charge on any atom is -0.255 e. The van der Waals surface area contributed by atoms with E-state index in [9.17, 15) is 0 Å². The lowest BCUT2D eigenvalue weighted by Gasteiger charge is -1.98. The van der Waals surface area contributed by atoms with Crippen LogP contribution in [-0.4, -0.2) is 4.98 Å². The molecule has 2 aromatic carbocycles. The van der Waals surface area contributed by atoms with Crippen LogP contribution >= 0.6 is 0 Å². The van der Waals surface area contributed by atoms with Gasteiger partial charge in [0.1, 0.15) is 0 Å². The van der Waals surface area contributed by atoms with Gasteiger partial charge in [0, 0.05) is 17.1 Å². The Labute approximate surface area is 112 Å². The summed E-state index contributed by atoms with van der Waals surface area (Å²) in [5.41, 5.74) is 4.21. The van der Waals surface area contributed by atoms with E-state index >= 15 is 0 Å². The van der Waals surface area contributed by atoms with Gasteiger partial charge in [0.25, 0.3) is 0 Å². The Balaban J connectivity index is 2.05. The predicted octanol–water partition coefficient (Wildman–Crippen LogP) is 3.94. The van der Waals surface area contributed by atoms with Crippen molar-refractivity contribution in [3.05, 3.63) is 77.5 Å². The topological polar surface area (TPSA) is 12.9 Å². The molecule has 0 aliphatic carbocycles. The maximum Gasteiger partial charge on any atom is 0.0858 e. The maximum absolute atomic E-state index is 4.41. The lowest BCUT2D eigenvalue weighted by molar-refractivity contribution is 1.40. The number of hydrogen-bond acceptors (Lipinski definition) is 1. The van der Waals surface area contributed by atoms with E-state index < -0.39 is 0 Å². The Morgan fingerprint density at radius 3 is 2.47 bits per heavy atom. The number of para-hydroxylation sites is 1. The number of pyridine rings is 1. The van der Waals surface area contributed by atoms with Crippen LogP contribution in [0, 0.1) is 18.8 Å². The molecule has 0 amide bonds. The Bertz CT molecular complexity index is 769. The molecule has 0 saturated carbocycles. The van der Waals surface area contributed by atoms with E-state index in [1.54, 1.807) is 6.20 Å². The largest absolute Gasteiger partial charge is 0.255 e. The Kier molecular flexibility index (Phi) is 3.00. The molecule has 0 radical (unpaired) electrons. The number of aryl methyl sites for hydroxylation is 1.